The van der Waals surface area contributed by atoms with Crippen LogP contribution >= 0.6 is 0 Å². The normalized spacial score (nSPS) is 24.8. The summed E-state index contributed by atoms with van der Waals surface area (Å²) in [5.74, 6) is -0.252. The summed E-state index contributed by atoms with van der Waals surface area (Å²) >= 11 is 0. The SMILES string of the molecule is C[C@@](N)(C(N)=O)C1CCOCC1. The molecule has 4 heteroatoms. The van der Waals surface area contributed by atoms with Crippen LogP contribution in [0.5, 0.6) is 0 Å². The van der Waals surface area contributed by atoms with E-state index in [1.807, 2.05) is 0 Å². The quantitative estimate of drug-likeness (QED) is 0.595. The minimum atomic E-state index is -0.871. The Bertz CT molecular complexity index is 174. The van der Waals surface area contributed by atoms with Gasteiger partial charge in [0.2, 0.25) is 5.91 Å². The summed E-state index contributed by atoms with van der Waals surface area (Å²) in [4.78, 5) is 11.0. The number of hydrogen-bond donors (Lipinski definition) is 2. The molecule has 1 fully saturated rings. The zero-order valence-corrected chi connectivity index (χ0v) is 7.38. The van der Waals surface area contributed by atoms with Gasteiger partial charge >= 0.3 is 0 Å². The first-order chi connectivity index (χ1) is 5.55. The monoisotopic (exact) mass is 172 g/mol. The summed E-state index contributed by atoms with van der Waals surface area (Å²) in [6, 6.07) is 0. The topological polar surface area (TPSA) is 78.3 Å². The third kappa shape index (κ3) is 1.76. The third-order valence-corrected chi connectivity index (χ3v) is 2.60. The van der Waals surface area contributed by atoms with Crippen molar-refractivity contribution in [3.63, 3.8) is 0 Å². The molecule has 0 aromatic rings. The molecule has 1 atom stereocenters. The average Bonchev–Trinajstić information content (AvgIpc) is 2.06. The van der Waals surface area contributed by atoms with E-state index in [9.17, 15) is 4.79 Å². The van der Waals surface area contributed by atoms with Crippen LogP contribution in [-0.4, -0.2) is 24.7 Å². The maximum absolute atomic E-state index is 11.0. The molecule has 0 saturated carbocycles. The molecule has 4 N–H and O–H groups in total. The lowest BCUT2D eigenvalue weighted by Gasteiger charge is -2.33. The Hall–Kier alpha value is -0.610. The molecule has 1 saturated heterocycles. The van der Waals surface area contributed by atoms with E-state index in [0.29, 0.717) is 13.2 Å². The van der Waals surface area contributed by atoms with Crippen molar-refractivity contribution in [2.75, 3.05) is 13.2 Å². The van der Waals surface area contributed by atoms with Crippen LogP contribution in [0.2, 0.25) is 0 Å². The Morgan fingerprint density at radius 1 is 1.50 bits per heavy atom. The molecular formula is C8H16N2O2. The fourth-order valence-electron chi connectivity index (χ4n) is 1.50. The average molecular weight is 172 g/mol. The lowest BCUT2D eigenvalue weighted by atomic mass is 9.81. The van der Waals surface area contributed by atoms with Gasteiger partial charge in [0.25, 0.3) is 0 Å². The van der Waals surface area contributed by atoms with Crippen LogP contribution < -0.4 is 11.5 Å². The van der Waals surface area contributed by atoms with E-state index < -0.39 is 11.4 Å². The van der Waals surface area contributed by atoms with E-state index in [2.05, 4.69) is 0 Å². The molecule has 1 rings (SSSR count). The van der Waals surface area contributed by atoms with Gasteiger partial charge in [0, 0.05) is 13.2 Å². The Kier molecular flexibility index (Phi) is 2.69. The minimum absolute atomic E-state index is 0.170. The fraction of sp³-hybridized carbons (Fsp3) is 0.875. The van der Waals surface area contributed by atoms with Gasteiger partial charge in [-0.1, -0.05) is 0 Å². The van der Waals surface area contributed by atoms with Crippen LogP contribution in [0.1, 0.15) is 19.8 Å². The number of hydrogen-bond acceptors (Lipinski definition) is 3. The van der Waals surface area contributed by atoms with Crippen molar-refractivity contribution in [3.8, 4) is 0 Å². The van der Waals surface area contributed by atoms with Crippen molar-refractivity contribution in [2.24, 2.45) is 17.4 Å². The van der Waals surface area contributed by atoms with E-state index in [0.717, 1.165) is 12.8 Å². The van der Waals surface area contributed by atoms with Gasteiger partial charge in [0.05, 0.1) is 5.54 Å². The van der Waals surface area contributed by atoms with Crippen molar-refractivity contribution in [1.29, 1.82) is 0 Å². The van der Waals surface area contributed by atoms with Gasteiger partial charge in [-0.15, -0.1) is 0 Å². The highest BCUT2D eigenvalue weighted by atomic mass is 16.5. The Balaban J connectivity index is 2.59. The number of rotatable bonds is 2. The molecule has 1 amide bonds. The molecule has 0 aromatic carbocycles. The van der Waals surface area contributed by atoms with Crippen LogP contribution in [0, 0.1) is 5.92 Å². The van der Waals surface area contributed by atoms with Crippen molar-refractivity contribution >= 4 is 5.91 Å². The summed E-state index contributed by atoms with van der Waals surface area (Å²) in [5, 5.41) is 0. The minimum Gasteiger partial charge on any atom is -0.381 e. The van der Waals surface area contributed by atoms with E-state index in [1.54, 1.807) is 6.92 Å². The molecule has 0 aliphatic carbocycles. The number of carbonyl (C=O) groups excluding carboxylic acids is 1. The van der Waals surface area contributed by atoms with E-state index in [1.165, 1.54) is 0 Å². The second kappa shape index (κ2) is 3.41. The van der Waals surface area contributed by atoms with Crippen LogP contribution in [0.15, 0.2) is 0 Å². The van der Waals surface area contributed by atoms with E-state index in [4.69, 9.17) is 16.2 Å². The van der Waals surface area contributed by atoms with Crippen molar-refractivity contribution < 1.29 is 9.53 Å². The summed E-state index contributed by atoms with van der Waals surface area (Å²) < 4.78 is 5.17. The first-order valence-corrected chi connectivity index (χ1v) is 4.21. The van der Waals surface area contributed by atoms with E-state index >= 15 is 0 Å². The number of primary amides is 1. The zero-order valence-electron chi connectivity index (χ0n) is 7.38. The smallest absolute Gasteiger partial charge is 0.237 e. The van der Waals surface area contributed by atoms with E-state index in [-0.39, 0.29) is 5.92 Å². The molecule has 0 aromatic heterocycles. The molecule has 0 spiro atoms. The molecule has 12 heavy (non-hydrogen) atoms. The molecule has 0 unspecified atom stereocenters. The Morgan fingerprint density at radius 3 is 2.42 bits per heavy atom. The van der Waals surface area contributed by atoms with Crippen LogP contribution in [0.4, 0.5) is 0 Å². The highest BCUT2D eigenvalue weighted by Crippen LogP contribution is 2.24. The Labute approximate surface area is 72.2 Å². The summed E-state index contributed by atoms with van der Waals surface area (Å²) in [5.41, 5.74) is 10.1. The maximum Gasteiger partial charge on any atom is 0.237 e. The lowest BCUT2D eigenvalue weighted by molar-refractivity contribution is -0.125. The highest BCUT2D eigenvalue weighted by molar-refractivity contribution is 5.84. The zero-order chi connectivity index (χ0) is 9.19. The predicted molar refractivity (Wildman–Crippen MR) is 45.3 cm³/mol. The van der Waals surface area contributed by atoms with Crippen molar-refractivity contribution in [3.05, 3.63) is 0 Å². The number of nitrogens with two attached hydrogens (primary N) is 2. The second-order valence-electron chi connectivity index (χ2n) is 3.53. The summed E-state index contributed by atoms with van der Waals surface area (Å²) in [7, 11) is 0. The third-order valence-electron chi connectivity index (χ3n) is 2.60. The highest BCUT2D eigenvalue weighted by Gasteiger charge is 2.36. The van der Waals surface area contributed by atoms with Gasteiger partial charge in [-0.2, -0.15) is 0 Å². The Morgan fingerprint density at radius 2 is 2.00 bits per heavy atom. The molecule has 0 radical (unpaired) electrons. The molecular weight excluding hydrogens is 156 g/mol. The molecule has 1 aliphatic rings. The van der Waals surface area contributed by atoms with Gasteiger partial charge in [0.1, 0.15) is 0 Å². The van der Waals surface area contributed by atoms with Crippen LogP contribution in [0.3, 0.4) is 0 Å². The molecule has 70 valence electrons. The molecule has 1 heterocycles. The molecule has 1 aliphatic heterocycles. The van der Waals surface area contributed by atoms with Crippen molar-refractivity contribution in [1.82, 2.24) is 0 Å². The fourth-order valence-corrected chi connectivity index (χ4v) is 1.50. The first-order valence-electron chi connectivity index (χ1n) is 4.21. The lowest BCUT2D eigenvalue weighted by Crippen LogP contribution is -2.56. The van der Waals surface area contributed by atoms with Gasteiger partial charge in [-0.25, -0.2) is 0 Å². The van der Waals surface area contributed by atoms with Gasteiger partial charge < -0.3 is 16.2 Å². The first kappa shape index (κ1) is 9.48. The van der Waals surface area contributed by atoms with Crippen molar-refractivity contribution in [2.45, 2.75) is 25.3 Å². The van der Waals surface area contributed by atoms with Crippen LogP contribution in [0.25, 0.3) is 0 Å². The van der Waals surface area contributed by atoms with Crippen LogP contribution in [-0.2, 0) is 9.53 Å². The number of ether oxygens (including phenoxy) is 1. The molecule has 0 bridgehead atoms. The van der Waals surface area contributed by atoms with Gasteiger partial charge in [0.15, 0.2) is 0 Å². The standard InChI is InChI=1S/C8H16N2O2/c1-8(10,7(9)11)6-2-4-12-5-3-6/h6H,2-5,10H2,1H3,(H2,9,11)/t8-/m0/s1. The maximum atomic E-state index is 11.0. The number of carbonyl (C=O) groups is 1. The predicted octanol–water partition coefficient (Wildman–Crippen LogP) is -0.384. The summed E-state index contributed by atoms with van der Waals surface area (Å²) in [6.45, 7) is 3.07. The molecule has 4 nitrogen and oxygen atoms in total. The summed E-state index contributed by atoms with van der Waals surface area (Å²) in [6.07, 6.45) is 1.66. The van der Waals surface area contributed by atoms with Gasteiger partial charge in [-0.05, 0) is 25.7 Å². The second-order valence-corrected chi connectivity index (χ2v) is 3.53. The number of amides is 1. The van der Waals surface area contributed by atoms with Gasteiger partial charge in [-0.3, -0.25) is 4.79 Å². The largest absolute Gasteiger partial charge is 0.381 e.